The Labute approximate surface area is 106 Å². The zero-order valence-corrected chi connectivity index (χ0v) is 10.7. The number of hydrogen-bond donors (Lipinski definition) is 1. The number of anilines is 1. The predicted octanol–water partition coefficient (Wildman–Crippen LogP) is 4.41. The molecule has 16 heavy (non-hydrogen) atoms. The van der Waals surface area contributed by atoms with E-state index in [1.165, 1.54) is 0 Å². The van der Waals surface area contributed by atoms with E-state index in [0.29, 0.717) is 16.5 Å². The number of nitriles is 1. The Morgan fingerprint density at radius 2 is 2.00 bits per heavy atom. The molecule has 1 aromatic carbocycles. The van der Waals surface area contributed by atoms with Crippen molar-refractivity contribution in [2.45, 2.75) is 26.2 Å². The first kappa shape index (κ1) is 13.2. The molecule has 0 aliphatic rings. The summed E-state index contributed by atoms with van der Waals surface area (Å²) in [6.45, 7) is 2.73. The second-order valence-corrected chi connectivity index (χ2v) is 4.44. The summed E-state index contributed by atoms with van der Waals surface area (Å²) in [6.07, 6.45) is 2.46. The minimum atomic E-state index is 0.601. The third-order valence-electron chi connectivity index (χ3n) is 2.28. The van der Waals surface area contributed by atoms with E-state index in [1.54, 1.807) is 0 Å². The van der Waals surface area contributed by atoms with Crippen LogP contribution in [0.4, 0.5) is 5.69 Å². The lowest BCUT2D eigenvalue weighted by Gasteiger charge is -2.09. The fraction of sp³-hybridized carbons (Fsp3) is 0.417. The van der Waals surface area contributed by atoms with Crippen molar-refractivity contribution < 1.29 is 0 Å². The van der Waals surface area contributed by atoms with E-state index in [2.05, 4.69) is 11.4 Å². The zero-order chi connectivity index (χ0) is 12.0. The van der Waals surface area contributed by atoms with E-state index in [0.717, 1.165) is 30.6 Å². The molecule has 1 N–H and O–H groups in total. The molecule has 0 aromatic heterocycles. The van der Waals surface area contributed by atoms with Crippen LogP contribution in [0, 0.1) is 18.3 Å². The lowest BCUT2D eigenvalue weighted by atomic mass is 10.2. The minimum Gasteiger partial charge on any atom is -0.384 e. The van der Waals surface area contributed by atoms with Gasteiger partial charge in [-0.05, 0) is 37.5 Å². The Kier molecular flexibility index (Phi) is 5.45. The van der Waals surface area contributed by atoms with Gasteiger partial charge >= 0.3 is 0 Å². The van der Waals surface area contributed by atoms with Gasteiger partial charge in [-0.2, -0.15) is 5.26 Å². The van der Waals surface area contributed by atoms with Gasteiger partial charge in [0.25, 0.3) is 0 Å². The molecule has 1 rings (SSSR count). The SMILES string of the molecule is Cc1cc(Cl)c(NCCCCC#N)cc1Cl. The molecule has 0 amide bonds. The lowest BCUT2D eigenvalue weighted by molar-refractivity contribution is 0.784. The normalized spacial score (nSPS) is 9.88. The van der Waals surface area contributed by atoms with Crippen molar-refractivity contribution in [3.63, 3.8) is 0 Å². The van der Waals surface area contributed by atoms with Gasteiger partial charge in [0.1, 0.15) is 0 Å². The van der Waals surface area contributed by atoms with E-state index in [1.807, 2.05) is 19.1 Å². The molecular formula is C12H14Cl2N2. The van der Waals surface area contributed by atoms with Crippen LogP contribution in [0.3, 0.4) is 0 Å². The summed E-state index contributed by atoms with van der Waals surface area (Å²) in [6, 6.07) is 5.80. The highest BCUT2D eigenvalue weighted by molar-refractivity contribution is 6.35. The summed E-state index contributed by atoms with van der Waals surface area (Å²) in [5.74, 6) is 0. The first-order chi connectivity index (χ1) is 7.65. The van der Waals surface area contributed by atoms with Crippen LogP contribution in [0.25, 0.3) is 0 Å². The molecular weight excluding hydrogens is 243 g/mol. The van der Waals surface area contributed by atoms with Crippen LogP contribution in [-0.2, 0) is 0 Å². The molecule has 0 aliphatic heterocycles. The Hall–Kier alpha value is -0.910. The first-order valence-electron chi connectivity index (χ1n) is 5.21. The Morgan fingerprint density at radius 3 is 2.69 bits per heavy atom. The fourth-order valence-electron chi connectivity index (χ4n) is 1.33. The van der Waals surface area contributed by atoms with Crippen LogP contribution in [0.15, 0.2) is 12.1 Å². The Balaban J connectivity index is 2.48. The number of unbranched alkanes of at least 4 members (excludes halogenated alkanes) is 2. The van der Waals surface area contributed by atoms with Crippen molar-refractivity contribution in [1.82, 2.24) is 0 Å². The summed E-state index contributed by atoms with van der Waals surface area (Å²) in [4.78, 5) is 0. The molecule has 0 heterocycles. The van der Waals surface area contributed by atoms with Gasteiger partial charge in [-0.1, -0.05) is 23.2 Å². The van der Waals surface area contributed by atoms with Crippen molar-refractivity contribution in [2.75, 3.05) is 11.9 Å². The van der Waals surface area contributed by atoms with E-state index in [9.17, 15) is 0 Å². The quantitative estimate of drug-likeness (QED) is 0.793. The molecule has 4 heteroatoms. The van der Waals surface area contributed by atoms with E-state index < -0.39 is 0 Å². The highest BCUT2D eigenvalue weighted by Crippen LogP contribution is 2.28. The number of nitrogens with zero attached hydrogens (tertiary/aromatic N) is 1. The number of nitrogens with one attached hydrogen (secondary N) is 1. The molecule has 0 bridgehead atoms. The summed E-state index contributed by atoms with van der Waals surface area (Å²) >= 11 is 12.1. The van der Waals surface area contributed by atoms with Gasteiger partial charge < -0.3 is 5.32 Å². The monoisotopic (exact) mass is 256 g/mol. The van der Waals surface area contributed by atoms with Gasteiger partial charge in [0.15, 0.2) is 0 Å². The molecule has 0 spiro atoms. The van der Waals surface area contributed by atoms with Crippen LogP contribution >= 0.6 is 23.2 Å². The highest BCUT2D eigenvalue weighted by Gasteiger charge is 2.03. The summed E-state index contributed by atoms with van der Waals surface area (Å²) < 4.78 is 0. The van der Waals surface area contributed by atoms with E-state index >= 15 is 0 Å². The maximum absolute atomic E-state index is 8.38. The smallest absolute Gasteiger partial charge is 0.0641 e. The second kappa shape index (κ2) is 6.62. The van der Waals surface area contributed by atoms with Gasteiger partial charge in [0.2, 0.25) is 0 Å². The molecule has 0 atom stereocenters. The molecule has 0 saturated heterocycles. The van der Waals surface area contributed by atoms with Crippen molar-refractivity contribution in [3.8, 4) is 6.07 Å². The van der Waals surface area contributed by atoms with Crippen molar-refractivity contribution in [2.24, 2.45) is 0 Å². The number of aryl methyl sites for hydroxylation is 1. The molecule has 0 saturated carbocycles. The lowest BCUT2D eigenvalue weighted by Crippen LogP contribution is -2.02. The number of rotatable bonds is 5. The van der Waals surface area contributed by atoms with Crippen LogP contribution in [0.1, 0.15) is 24.8 Å². The predicted molar refractivity (Wildman–Crippen MR) is 69.2 cm³/mol. The molecule has 1 aromatic rings. The summed E-state index contributed by atoms with van der Waals surface area (Å²) in [7, 11) is 0. The standard InChI is InChI=1S/C12H14Cl2N2/c1-9-7-11(14)12(8-10(9)13)16-6-4-2-3-5-15/h7-8,16H,2-4,6H2,1H3. The van der Waals surface area contributed by atoms with Gasteiger partial charge in [-0.25, -0.2) is 0 Å². The summed E-state index contributed by atoms with van der Waals surface area (Å²) in [5.41, 5.74) is 1.83. The van der Waals surface area contributed by atoms with Gasteiger partial charge in [0.05, 0.1) is 16.8 Å². The number of benzene rings is 1. The Morgan fingerprint density at radius 1 is 1.25 bits per heavy atom. The minimum absolute atomic E-state index is 0.601. The van der Waals surface area contributed by atoms with Crippen LogP contribution < -0.4 is 5.32 Å². The van der Waals surface area contributed by atoms with E-state index in [4.69, 9.17) is 28.5 Å². The third-order valence-corrected chi connectivity index (χ3v) is 3.00. The van der Waals surface area contributed by atoms with Gasteiger partial charge in [-0.3, -0.25) is 0 Å². The molecule has 0 fully saturated rings. The highest BCUT2D eigenvalue weighted by atomic mass is 35.5. The molecule has 0 radical (unpaired) electrons. The van der Waals surface area contributed by atoms with E-state index in [-0.39, 0.29) is 0 Å². The van der Waals surface area contributed by atoms with Crippen molar-refractivity contribution in [1.29, 1.82) is 5.26 Å². The van der Waals surface area contributed by atoms with Crippen LogP contribution in [0.2, 0.25) is 10.0 Å². The molecule has 0 aliphatic carbocycles. The number of hydrogen-bond acceptors (Lipinski definition) is 2. The second-order valence-electron chi connectivity index (χ2n) is 3.62. The Bertz CT molecular complexity index is 397. The van der Waals surface area contributed by atoms with Gasteiger partial charge in [-0.15, -0.1) is 0 Å². The van der Waals surface area contributed by atoms with Crippen LogP contribution in [-0.4, -0.2) is 6.54 Å². The van der Waals surface area contributed by atoms with Crippen LogP contribution in [0.5, 0.6) is 0 Å². The summed E-state index contributed by atoms with van der Waals surface area (Å²) in [5, 5.41) is 13.0. The largest absolute Gasteiger partial charge is 0.384 e. The fourth-order valence-corrected chi connectivity index (χ4v) is 1.78. The average Bonchev–Trinajstić information content (AvgIpc) is 2.25. The zero-order valence-electron chi connectivity index (χ0n) is 9.19. The number of halogens is 2. The van der Waals surface area contributed by atoms with Gasteiger partial charge in [0, 0.05) is 18.0 Å². The third kappa shape index (κ3) is 3.92. The maximum atomic E-state index is 8.38. The maximum Gasteiger partial charge on any atom is 0.0641 e. The molecule has 0 unspecified atom stereocenters. The van der Waals surface area contributed by atoms with Crippen molar-refractivity contribution in [3.05, 3.63) is 27.7 Å². The molecule has 86 valence electrons. The average molecular weight is 257 g/mol. The van der Waals surface area contributed by atoms with Crippen molar-refractivity contribution >= 4 is 28.9 Å². The first-order valence-corrected chi connectivity index (χ1v) is 5.97. The molecule has 2 nitrogen and oxygen atoms in total. The topological polar surface area (TPSA) is 35.8 Å².